The Hall–Kier alpha value is -1.28. The molecule has 0 radical (unpaired) electrons. The van der Waals surface area contributed by atoms with Crippen LogP contribution in [0.3, 0.4) is 0 Å². The second kappa shape index (κ2) is 9.78. The first-order valence-corrected chi connectivity index (χ1v) is 11.8. The number of aliphatic imine (C=N–C) groups is 1. The Labute approximate surface area is 170 Å². The van der Waals surface area contributed by atoms with Crippen LogP contribution in [0.2, 0.25) is 0 Å². The van der Waals surface area contributed by atoms with Gasteiger partial charge in [-0.2, -0.15) is 11.8 Å². The average molecular weight is 410 g/mol. The fraction of sp³-hybridized carbons (Fsp3) is 0.737. The van der Waals surface area contributed by atoms with Gasteiger partial charge in [-0.1, -0.05) is 0 Å². The zero-order valence-corrected chi connectivity index (χ0v) is 18.2. The van der Waals surface area contributed by atoms with Crippen molar-refractivity contribution in [2.45, 2.75) is 52.1 Å². The summed E-state index contributed by atoms with van der Waals surface area (Å²) in [5.74, 6) is 3.60. The first-order chi connectivity index (χ1) is 13.1. The van der Waals surface area contributed by atoms with Crippen LogP contribution in [0.4, 0.5) is 0 Å². The highest BCUT2D eigenvalue weighted by Crippen LogP contribution is 2.27. The molecule has 0 bridgehead atoms. The predicted molar refractivity (Wildman–Crippen MR) is 115 cm³/mol. The maximum atomic E-state index is 12.7. The van der Waals surface area contributed by atoms with Gasteiger partial charge in [-0.3, -0.25) is 9.79 Å². The van der Waals surface area contributed by atoms with Crippen molar-refractivity contribution in [3.05, 3.63) is 15.6 Å². The zero-order chi connectivity index (χ0) is 19.2. The van der Waals surface area contributed by atoms with E-state index in [2.05, 4.69) is 32.4 Å². The first-order valence-electron chi connectivity index (χ1n) is 9.83. The average Bonchev–Trinajstić information content (AvgIpc) is 3.02. The molecule has 0 aromatic carbocycles. The van der Waals surface area contributed by atoms with E-state index in [1.807, 2.05) is 25.7 Å². The number of rotatable bonds is 4. The van der Waals surface area contributed by atoms with Gasteiger partial charge in [0, 0.05) is 48.5 Å². The number of nitrogens with zero attached hydrogens (tertiary/aromatic N) is 3. The van der Waals surface area contributed by atoms with Crippen molar-refractivity contribution >= 4 is 35.0 Å². The zero-order valence-electron chi connectivity index (χ0n) is 16.6. The maximum absolute atomic E-state index is 12.7. The van der Waals surface area contributed by atoms with Crippen LogP contribution in [0.15, 0.2) is 4.99 Å². The third-order valence-electron chi connectivity index (χ3n) is 5.38. The molecular formula is C19H31N5OS2. The Kier molecular flexibility index (Phi) is 7.41. The lowest BCUT2D eigenvalue weighted by molar-refractivity contribution is -0.136. The summed E-state index contributed by atoms with van der Waals surface area (Å²) in [6.45, 7) is 6.69. The monoisotopic (exact) mass is 409 g/mol. The molecule has 1 aromatic heterocycles. The van der Waals surface area contributed by atoms with Gasteiger partial charge < -0.3 is 15.5 Å². The van der Waals surface area contributed by atoms with E-state index in [0.717, 1.165) is 73.5 Å². The number of amides is 1. The molecule has 2 fully saturated rings. The van der Waals surface area contributed by atoms with Crippen LogP contribution < -0.4 is 10.6 Å². The molecule has 1 saturated heterocycles. The second-order valence-corrected chi connectivity index (χ2v) is 9.81. The minimum absolute atomic E-state index is 0.212. The van der Waals surface area contributed by atoms with Crippen LogP contribution in [0.5, 0.6) is 0 Å². The number of aryl methyl sites for hydroxylation is 2. The van der Waals surface area contributed by atoms with Crippen LogP contribution >= 0.6 is 23.1 Å². The van der Waals surface area contributed by atoms with Crippen molar-refractivity contribution in [3.63, 3.8) is 0 Å². The highest BCUT2D eigenvalue weighted by Gasteiger charge is 2.30. The van der Waals surface area contributed by atoms with Crippen LogP contribution in [0.1, 0.15) is 41.3 Å². The van der Waals surface area contributed by atoms with E-state index in [-0.39, 0.29) is 5.92 Å². The Morgan fingerprint density at radius 2 is 1.93 bits per heavy atom. The molecule has 0 atom stereocenters. The van der Waals surface area contributed by atoms with Gasteiger partial charge in [0.25, 0.3) is 0 Å². The first kappa shape index (κ1) is 20.5. The standard InChI is InChI=1S/C19H31N5OS2/c1-13-17(27-14(2)22-13)12-21-19(20-3)23-16-6-4-15(5-7-16)18(25)24-8-10-26-11-9-24/h15-16H,4-12H2,1-3H3,(H2,20,21,23). The quantitative estimate of drug-likeness (QED) is 0.591. The van der Waals surface area contributed by atoms with Gasteiger partial charge in [-0.25, -0.2) is 4.98 Å². The third-order valence-corrected chi connectivity index (χ3v) is 7.39. The highest BCUT2D eigenvalue weighted by molar-refractivity contribution is 7.99. The van der Waals surface area contributed by atoms with Crippen LogP contribution in [-0.4, -0.2) is 59.4 Å². The lowest BCUT2D eigenvalue weighted by Gasteiger charge is -2.34. The summed E-state index contributed by atoms with van der Waals surface area (Å²) in [5, 5.41) is 8.04. The smallest absolute Gasteiger partial charge is 0.225 e. The van der Waals surface area contributed by atoms with Crippen molar-refractivity contribution in [1.29, 1.82) is 0 Å². The van der Waals surface area contributed by atoms with Crippen molar-refractivity contribution in [2.75, 3.05) is 31.6 Å². The van der Waals surface area contributed by atoms with Crippen LogP contribution in [-0.2, 0) is 11.3 Å². The van der Waals surface area contributed by atoms with Crippen LogP contribution in [0.25, 0.3) is 0 Å². The largest absolute Gasteiger partial charge is 0.354 e. The normalized spacial score (nSPS) is 24.0. The predicted octanol–water partition coefficient (Wildman–Crippen LogP) is 2.56. The summed E-state index contributed by atoms with van der Waals surface area (Å²) in [6, 6.07) is 0.390. The minimum Gasteiger partial charge on any atom is -0.354 e. The molecule has 2 aliphatic rings. The number of carbonyl (C=O) groups excluding carboxylic acids is 1. The van der Waals surface area contributed by atoms with Gasteiger partial charge in [0.2, 0.25) is 5.91 Å². The number of carbonyl (C=O) groups is 1. The molecule has 2 N–H and O–H groups in total. The molecule has 0 unspecified atom stereocenters. The maximum Gasteiger partial charge on any atom is 0.225 e. The fourth-order valence-corrected chi connectivity index (χ4v) is 5.60. The molecule has 1 amide bonds. The number of thioether (sulfide) groups is 1. The Morgan fingerprint density at radius 1 is 1.22 bits per heavy atom. The highest BCUT2D eigenvalue weighted by atomic mass is 32.2. The summed E-state index contributed by atoms with van der Waals surface area (Å²) in [4.78, 5) is 24.9. The lowest BCUT2D eigenvalue weighted by Crippen LogP contribution is -2.47. The molecule has 27 heavy (non-hydrogen) atoms. The van der Waals surface area contributed by atoms with Gasteiger partial charge >= 0.3 is 0 Å². The summed E-state index contributed by atoms with van der Waals surface area (Å²) >= 11 is 3.68. The molecule has 150 valence electrons. The molecule has 1 aliphatic heterocycles. The van der Waals surface area contributed by atoms with E-state index < -0.39 is 0 Å². The topological polar surface area (TPSA) is 69.6 Å². The fourth-order valence-electron chi connectivity index (χ4n) is 3.82. The summed E-state index contributed by atoms with van der Waals surface area (Å²) in [6.07, 6.45) is 4.01. The van der Waals surface area contributed by atoms with E-state index in [9.17, 15) is 4.79 Å². The molecule has 3 rings (SSSR count). The number of hydrogen-bond donors (Lipinski definition) is 2. The Morgan fingerprint density at radius 3 is 2.52 bits per heavy atom. The number of thiazole rings is 1. The van der Waals surface area contributed by atoms with Crippen molar-refractivity contribution < 1.29 is 4.79 Å². The van der Waals surface area contributed by atoms with E-state index in [1.54, 1.807) is 11.3 Å². The molecule has 8 heteroatoms. The van der Waals surface area contributed by atoms with Gasteiger partial charge in [0.1, 0.15) is 0 Å². The van der Waals surface area contributed by atoms with Crippen molar-refractivity contribution in [3.8, 4) is 0 Å². The lowest BCUT2D eigenvalue weighted by atomic mass is 9.85. The van der Waals surface area contributed by atoms with Gasteiger partial charge in [-0.05, 0) is 39.5 Å². The molecule has 1 saturated carbocycles. The van der Waals surface area contributed by atoms with Gasteiger partial charge in [0.05, 0.1) is 17.2 Å². The second-order valence-electron chi connectivity index (χ2n) is 7.30. The number of guanidine groups is 1. The Balaban J connectivity index is 1.43. The molecule has 1 aromatic rings. The van der Waals surface area contributed by atoms with E-state index in [4.69, 9.17) is 0 Å². The molecule has 1 aliphatic carbocycles. The van der Waals surface area contributed by atoms with E-state index >= 15 is 0 Å². The van der Waals surface area contributed by atoms with Gasteiger partial charge in [0.15, 0.2) is 5.96 Å². The third kappa shape index (κ3) is 5.60. The van der Waals surface area contributed by atoms with Gasteiger partial charge in [-0.15, -0.1) is 11.3 Å². The molecular weight excluding hydrogens is 378 g/mol. The minimum atomic E-state index is 0.212. The molecule has 6 nitrogen and oxygen atoms in total. The molecule has 2 heterocycles. The van der Waals surface area contributed by atoms with Crippen LogP contribution in [0, 0.1) is 19.8 Å². The molecule has 0 spiro atoms. The number of aromatic nitrogens is 1. The van der Waals surface area contributed by atoms with E-state index in [1.165, 1.54) is 4.88 Å². The summed E-state index contributed by atoms with van der Waals surface area (Å²) in [5.41, 5.74) is 1.09. The Bertz CT molecular complexity index is 661. The summed E-state index contributed by atoms with van der Waals surface area (Å²) in [7, 11) is 1.81. The van der Waals surface area contributed by atoms with Crippen molar-refractivity contribution in [2.24, 2.45) is 10.9 Å². The van der Waals surface area contributed by atoms with E-state index in [0.29, 0.717) is 11.9 Å². The summed E-state index contributed by atoms with van der Waals surface area (Å²) < 4.78 is 0. The van der Waals surface area contributed by atoms with Crippen molar-refractivity contribution in [1.82, 2.24) is 20.5 Å². The SMILES string of the molecule is CN=C(NCc1sc(C)nc1C)NC1CCC(C(=O)N2CCSCC2)CC1. The number of hydrogen-bond acceptors (Lipinski definition) is 5. The number of nitrogens with one attached hydrogen (secondary N) is 2.